The second-order valence-corrected chi connectivity index (χ2v) is 4.46. The van der Waals surface area contributed by atoms with Gasteiger partial charge < -0.3 is 24.8 Å². The van der Waals surface area contributed by atoms with Gasteiger partial charge >= 0.3 is 0 Å². The molecule has 0 aromatic rings. The van der Waals surface area contributed by atoms with Crippen LogP contribution in [-0.4, -0.2) is 64.7 Å². The smallest absolute Gasteiger partial charge is 0.246 e. The average Bonchev–Trinajstić information content (AvgIpc) is 2.29. The highest BCUT2D eigenvalue weighted by molar-refractivity contribution is 5.77. The van der Waals surface area contributed by atoms with Crippen LogP contribution in [0.4, 0.5) is 0 Å². The Morgan fingerprint density at radius 3 is 2.65 bits per heavy atom. The van der Waals surface area contributed by atoms with Crippen molar-refractivity contribution in [3.8, 4) is 0 Å². The first kappa shape index (κ1) is 14.4. The minimum atomic E-state index is -0.190. The van der Waals surface area contributed by atoms with Gasteiger partial charge in [0.05, 0.1) is 18.3 Å². The van der Waals surface area contributed by atoms with Crippen molar-refractivity contribution in [3.05, 3.63) is 0 Å². The molecule has 1 fully saturated rings. The summed E-state index contributed by atoms with van der Waals surface area (Å²) >= 11 is 0. The standard InChI is InChI=1S/C11H22N2O4/c1-11(7-12-8-11)17-6-10(14)13-4-9(16-3)5-15-2/h9,12H,4-8H2,1-3H3,(H,13,14). The third-order valence-corrected chi connectivity index (χ3v) is 2.76. The lowest BCUT2D eigenvalue weighted by Crippen LogP contribution is -2.59. The van der Waals surface area contributed by atoms with Crippen molar-refractivity contribution in [1.29, 1.82) is 0 Å². The minimum absolute atomic E-state index is 0.0849. The molecule has 1 saturated heterocycles. The molecular weight excluding hydrogens is 224 g/mol. The molecule has 1 atom stereocenters. The highest BCUT2D eigenvalue weighted by Crippen LogP contribution is 2.14. The van der Waals surface area contributed by atoms with Gasteiger partial charge in [-0.25, -0.2) is 0 Å². The van der Waals surface area contributed by atoms with Gasteiger partial charge in [0, 0.05) is 33.9 Å². The summed E-state index contributed by atoms with van der Waals surface area (Å²) in [5.74, 6) is -0.128. The van der Waals surface area contributed by atoms with E-state index in [9.17, 15) is 4.79 Å². The summed E-state index contributed by atoms with van der Waals surface area (Å²) in [6, 6.07) is 0. The van der Waals surface area contributed by atoms with Gasteiger partial charge in [0.2, 0.25) is 5.91 Å². The van der Waals surface area contributed by atoms with Crippen LogP contribution < -0.4 is 10.6 Å². The zero-order valence-electron chi connectivity index (χ0n) is 10.7. The summed E-state index contributed by atoms with van der Waals surface area (Å²) in [7, 11) is 3.19. The van der Waals surface area contributed by atoms with Crippen molar-refractivity contribution in [2.24, 2.45) is 0 Å². The minimum Gasteiger partial charge on any atom is -0.382 e. The van der Waals surface area contributed by atoms with Crippen LogP contribution in [0.15, 0.2) is 0 Å². The maximum Gasteiger partial charge on any atom is 0.246 e. The first-order valence-electron chi connectivity index (χ1n) is 5.73. The molecule has 0 radical (unpaired) electrons. The largest absolute Gasteiger partial charge is 0.382 e. The first-order chi connectivity index (χ1) is 8.09. The van der Waals surface area contributed by atoms with Crippen LogP contribution in [0, 0.1) is 0 Å². The van der Waals surface area contributed by atoms with E-state index in [-0.39, 0.29) is 24.2 Å². The van der Waals surface area contributed by atoms with Gasteiger partial charge in [-0.2, -0.15) is 0 Å². The fourth-order valence-corrected chi connectivity index (χ4v) is 1.49. The Morgan fingerprint density at radius 2 is 2.18 bits per heavy atom. The molecule has 1 aliphatic rings. The quantitative estimate of drug-likeness (QED) is 0.583. The molecule has 0 bridgehead atoms. The summed E-state index contributed by atoms with van der Waals surface area (Å²) in [4.78, 5) is 11.5. The van der Waals surface area contributed by atoms with E-state index in [1.54, 1.807) is 14.2 Å². The molecule has 17 heavy (non-hydrogen) atoms. The van der Waals surface area contributed by atoms with Gasteiger partial charge in [-0.15, -0.1) is 0 Å². The zero-order chi connectivity index (χ0) is 12.7. The number of hydrogen-bond donors (Lipinski definition) is 2. The van der Waals surface area contributed by atoms with Crippen molar-refractivity contribution < 1.29 is 19.0 Å². The van der Waals surface area contributed by atoms with Gasteiger partial charge in [0.1, 0.15) is 6.61 Å². The van der Waals surface area contributed by atoms with Crippen molar-refractivity contribution in [1.82, 2.24) is 10.6 Å². The summed E-state index contributed by atoms with van der Waals surface area (Å²) in [6.07, 6.45) is -0.120. The van der Waals surface area contributed by atoms with Crippen LogP contribution in [0.2, 0.25) is 0 Å². The van der Waals surface area contributed by atoms with Crippen molar-refractivity contribution in [2.75, 3.05) is 47.1 Å². The maximum absolute atomic E-state index is 11.5. The summed E-state index contributed by atoms with van der Waals surface area (Å²) < 4.78 is 15.6. The van der Waals surface area contributed by atoms with Crippen LogP contribution in [0.3, 0.4) is 0 Å². The Labute approximate surface area is 102 Å². The lowest BCUT2D eigenvalue weighted by atomic mass is 10.0. The monoisotopic (exact) mass is 246 g/mol. The van der Waals surface area contributed by atoms with E-state index in [1.807, 2.05) is 6.92 Å². The molecule has 1 rings (SSSR count). The molecule has 0 aromatic carbocycles. The van der Waals surface area contributed by atoms with Crippen molar-refractivity contribution in [2.45, 2.75) is 18.6 Å². The second kappa shape index (κ2) is 6.90. The van der Waals surface area contributed by atoms with Gasteiger partial charge in [-0.05, 0) is 6.92 Å². The zero-order valence-corrected chi connectivity index (χ0v) is 10.7. The SMILES string of the molecule is COCC(CNC(=O)COC1(C)CNC1)OC. The summed E-state index contributed by atoms with van der Waals surface area (Å²) in [6.45, 7) is 4.55. The van der Waals surface area contributed by atoms with Gasteiger partial charge in [0.25, 0.3) is 0 Å². The van der Waals surface area contributed by atoms with Crippen molar-refractivity contribution >= 4 is 5.91 Å². The van der Waals surface area contributed by atoms with E-state index in [1.165, 1.54) is 0 Å². The van der Waals surface area contributed by atoms with E-state index >= 15 is 0 Å². The lowest BCUT2D eigenvalue weighted by molar-refractivity contribution is -0.136. The van der Waals surface area contributed by atoms with E-state index in [0.717, 1.165) is 13.1 Å². The molecule has 0 aromatic heterocycles. The fraction of sp³-hybridized carbons (Fsp3) is 0.909. The Balaban J connectivity index is 2.11. The molecule has 1 aliphatic heterocycles. The molecule has 1 heterocycles. The average molecular weight is 246 g/mol. The van der Waals surface area contributed by atoms with Crippen LogP contribution >= 0.6 is 0 Å². The maximum atomic E-state index is 11.5. The van der Waals surface area contributed by atoms with Crippen LogP contribution in [-0.2, 0) is 19.0 Å². The van der Waals surface area contributed by atoms with E-state index in [4.69, 9.17) is 14.2 Å². The Hall–Kier alpha value is -0.690. The molecule has 0 spiro atoms. The molecule has 6 heteroatoms. The highest BCUT2D eigenvalue weighted by atomic mass is 16.5. The molecule has 1 amide bonds. The Bertz CT molecular complexity index is 244. The van der Waals surface area contributed by atoms with Crippen LogP contribution in [0.1, 0.15) is 6.92 Å². The number of rotatable bonds is 8. The second-order valence-electron chi connectivity index (χ2n) is 4.46. The van der Waals surface area contributed by atoms with Gasteiger partial charge in [-0.3, -0.25) is 4.79 Å². The Morgan fingerprint density at radius 1 is 1.47 bits per heavy atom. The summed E-state index contributed by atoms with van der Waals surface area (Å²) in [5.41, 5.74) is -0.190. The molecule has 100 valence electrons. The number of carbonyl (C=O) groups is 1. The van der Waals surface area contributed by atoms with Gasteiger partial charge in [-0.1, -0.05) is 0 Å². The van der Waals surface area contributed by atoms with Crippen LogP contribution in [0.25, 0.3) is 0 Å². The van der Waals surface area contributed by atoms with E-state index < -0.39 is 0 Å². The molecule has 2 N–H and O–H groups in total. The van der Waals surface area contributed by atoms with Crippen LogP contribution in [0.5, 0.6) is 0 Å². The third kappa shape index (κ3) is 4.99. The Kier molecular flexibility index (Phi) is 5.84. The predicted molar refractivity (Wildman–Crippen MR) is 62.9 cm³/mol. The topological polar surface area (TPSA) is 68.8 Å². The number of amides is 1. The van der Waals surface area contributed by atoms with E-state index in [0.29, 0.717) is 13.2 Å². The molecule has 0 aliphatic carbocycles. The predicted octanol–water partition coefficient (Wildman–Crippen LogP) is -0.857. The number of methoxy groups -OCH3 is 2. The number of carbonyl (C=O) groups excluding carboxylic acids is 1. The fourth-order valence-electron chi connectivity index (χ4n) is 1.49. The van der Waals surface area contributed by atoms with E-state index in [2.05, 4.69) is 10.6 Å². The normalized spacial score (nSPS) is 19.5. The highest BCUT2D eigenvalue weighted by Gasteiger charge is 2.32. The molecular formula is C11H22N2O4. The lowest BCUT2D eigenvalue weighted by Gasteiger charge is -2.38. The number of hydrogen-bond acceptors (Lipinski definition) is 5. The number of nitrogens with one attached hydrogen (secondary N) is 2. The summed E-state index contributed by atoms with van der Waals surface area (Å²) in [5, 5.41) is 5.86. The third-order valence-electron chi connectivity index (χ3n) is 2.76. The first-order valence-corrected chi connectivity index (χ1v) is 5.73. The molecule has 1 unspecified atom stereocenters. The van der Waals surface area contributed by atoms with Gasteiger partial charge in [0.15, 0.2) is 0 Å². The van der Waals surface area contributed by atoms with Crippen molar-refractivity contribution in [3.63, 3.8) is 0 Å². The number of ether oxygens (including phenoxy) is 3. The molecule has 0 saturated carbocycles. The molecule has 6 nitrogen and oxygen atoms in total.